The number of aromatic nitrogens is 3. The lowest BCUT2D eigenvalue weighted by molar-refractivity contribution is -0.147. The minimum absolute atomic E-state index is 0.135. The quantitative estimate of drug-likeness (QED) is 0.717. The number of alkyl halides is 3. The average molecular weight is 410 g/mol. The van der Waals surface area contributed by atoms with E-state index in [4.69, 9.17) is 9.47 Å². The molecule has 0 aliphatic heterocycles. The lowest BCUT2D eigenvalue weighted by Gasteiger charge is -2.11. The van der Waals surface area contributed by atoms with Crippen LogP contribution in [0.1, 0.15) is 5.82 Å². The third kappa shape index (κ3) is 4.42. The molecule has 2 rings (SSSR count). The Balaban J connectivity index is 2.14. The van der Waals surface area contributed by atoms with Crippen LogP contribution in [0.3, 0.4) is 0 Å². The van der Waals surface area contributed by atoms with Gasteiger partial charge in [0.05, 0.1) is 25.7 Å². The van der Waals surface area contributed by atoms with Gasteiger partial charge in [-0.05, 0) is 12.1 Å². The minimum Gasteiger partial charge on any atom is -0.493 e. The molecule has 0 unspecified atom stereocenters. The zero-order valence-electron chi connectivity index (χ0n) is 14.6. The SMILES string of the molecule is COc1ccc(S(=O)(=O)NCCn2nc(C(F)(F)F)n(C)c2=O)cc1OC. The molecule has 13 heteroatoms. The Bertz CT molecular complexity index is 982. The van der Waals surface area contributed by atoms with Gasteiger partial charge in [-0.15, -0.1) is 5.10 Å². The molecule has 0 aliphatic rings. The van der Waals surface area contributed by atoms with Gasteiger partial charge < -0.3 is 9.47 Å². The van der Waals surface area contributed by atoms with Crippen molar-refractivity contribution in [3.8, 4) is 11.5 Å². The molecule has 0 spiro atoms. The Kier molecular flexibility index (Phi) is 5.85. The lowest BCUT2D eigenvalue weighted by atomic mass is 10.3. The van der Waals surface area contributed by atoms with Crippen molar-refractivity contribution in [2.24, 2.45) is 7.05 Å². The molecular weight excluding hydrogens is 393 g/mol. The summed E-state index contributed by atoms with van der Waals surface area (Å²) >= 11 is 0. The van der Waals surface area contributed by atoms with E-state index in [0.717, 1.165) is 7.05 Å². The molecule has 150 valence electrons. The van der Waals surface area contributed by atoms with Crippen LogP contribution in [0.5, 0.6) is 11.5 Å². The Labute approximate surface area is 152 Å². The summed E-state index contributed by atoms with van der Waals surface area (Å²) in [5.41, 5.74) is -1.01. The number of methoxy groups -OCH3 is 2. The van der Waals surface area contributed by atoms with E-state index in [-0.39, 0.29) is 23.7 Å². The van der Waals surface area contributed by atoms with Gasteiger partial charge in [0, 0.05) is 19.7 Å². The van der Waals surface area contributed by atoms with Crippen molar-refractivity contribution >= 4 is 10.0 Å². The molecule has 0 fully saturated rings. The molecule has 1 aromatic heterocycles. The van der Waals surface area contributed by atoms with E-state index in [1.54, 1.807) is 0 Å². The van der Waals surface area contributed by atoms with Crippen molar-refractivity contribution in [2.75, 3.05) is 20.8 Å². The predicted octanol–water partition coefficient (Wildman–Crippen LogP) is 0.596. The van der Waals surface area contributed by atoms with Crippen molar-refractivity contribution in [3.63, 3.8) is 0 Å². The maximum atomic E-state index is 12.7. The summed E-state index contributed by atoms with van der Waals surface area (Å²) in [6, 6.07) is 3.90. The number of nitrogens with one attached hydrogen (secondary N) is 1. The first-order valence-electron chi connectivity index (χ1n) is 7.44. The molecule has 9 nitrogen and oxygen atoms in total. The largest absolute Gasteiger partial charge is 0.493 e. The molecule has 0 saturated heterocycles. The van der Waals surface area contributed by atoms with E-state index in [1.807, 2.05) is 0 Å². The molecule has 0 bridgehead atoms. The van der Waals surface area contributed by atoms with Gasteiger partial charge in [-0.25, -0.2) is 22.6 Å². The van der Waals surface area contributed by atoms with Crippen LogP contribution < -0.4 is 19.9 Å². The molecule has 0 atom stereocenters. The number of hydrogen-bond donors (Lipinski definition) is 1. The van der Waals surface area contributed by atoms with E-state index < -0.39 is 27.7 Å². The molecule has 1 N–H and O–H groups in total. The third-order valence-electron chi connectivity index (χ3n) is 3.58. The van der Waals surface area contributed by atoms with E-state index in [1.165, 1.54) is 32.4 Å². The molecule has 0 saturated carbocycles. The highest BCUT2D eigenvalue weighted by molar-refractivity contribution is 7.89. The van der Waals surface area contributed by atoms with Gasteiger partial charge in [0.25, 0.3) is 0 Å². The highest BCUT2D eigenvalue weighted by atomic mass is 32.2. The summed E-state index contributed by atoms with van der Waals surface area (Å²) < 4.78 is 76.0. The van der Waals surface area contributed by atoms with Gasteiger partial charge in [-0.2, -0.15) is 13.2 Å². The van der Waals surface area contributed by atoms with Gasteiger partial charge >= 0.3 is 11.9 Å². The van der Waals surface area contributed by atoms with Gasteiger partial charge in [0.1, 0.15) is 0 Å². The fourth-order valence-corrected chi connectivity index (χ4v) is 3.27. The van der Waals surface area contributed by atoms with Crippen molar-refractivity contribution < 1.29 is 31.1 Å². The normalized spacial score (nSPS) is 12.2. The third-order valence-corrected chi connectivity index (χ3v) is 5.03. The van der Waals surface area contributed by atoms with Crippen LogP contribution in [-0.2, 0) is 29.8 Å². The summed E-state index contributed by atoms with van der Waals surface area (Å²) in [7, 11) is -0.324. The smallest absolute Gasteiger partial charge is 0.451 e. The van der Waals surface area contributed by atoms with Crippen LogP contribution in [0.4, 0.5) is 13.2 Å². The maximum absolute atomic E-state index is 12.7. The van der Waals surface area contributed by atoms with Gasteiger partial charge in [-0.3, -0.25) is 4.57 Å². The number of ether oxygens (including phenoxy) is 2. The van der Waals surface area contributed by atoms with Gasteiger partial charge in [0.15, 0.2) is 11.5 Å². The maximum Gasteiger partial charge on any atom is 0.451 e. The van der Waals surface area contributed by atoms with E-state index in [0.29, 0.717) is 15.0 Å². The number of sulfonamides is 1. The van der Waals surface area contributed by atoms with E-state index in [9.17, 15) is 26.4 Å². The van der Waals surface area contributed by atoms with Crippen molar-refractivity contribution in [2.45, 2.75) is 17.6 Å². The molecule has 27 heavy (non-hydrogen) atoms. The number of rotatable bonds is 7. The molecular formula is C14H17F3N4O5S. The monoisotopic (exact) mass is 410 g/mol. The highest BCUT2D eigenvalue weighted by Gasteiger charge is 2.37. The van der Waals surface area contributed by atoms with Crippen LogP contribution in [0.2, 0.25) is 0 Å². The standard InChI is InChI=1S/C14H17F3N4O5S/c1-20-12(14(15,16)17)19-21(13(20)22)7-6-18-27(23,24)9-4-5-10(25-2)11(8-9)26-3/h4-5,8,18H,6-7H2,1-3H3. The highest BCUT2D eigenvalue weighted by Crippen LogP contribution is 2.29. The van der Waals surface area contributed by atoms with Crippen LogP contribution in [0.25, 0.3) is 0 Å². The zero-order chi connectivity index (χ0) is 20.4. The first kappa shape index (κ1) is 20.8. The van der Waals surface area contributed by atoms with E-state index >= 15 is 0 Å². The molecule has 2 aromatic rings. The van der Waals surface area contributed by atoms with Crippen LogP contribution in [0, 0.1) is 0 Å². The summed E-state index contributed by atoms with van der Waals surface area (Å²) in [6.45, 7) is -0.722. The Morgan fingerprint density at radius 2 is 1.81 bits per heavy atom. The second-order valence-electron chi connectivity index (χ2n) is 5.30. The van der Waals surface area contributed by atoms with Gasteiger partial charge in [0.2, 0.25) is 15.8 Å². The fourth-order valence-electron chi connectivity index (χ4n) is 2.23. The average Bonchev–Trinajstić information content (AvgIpc) is 2.89. The number of hydrogen-bond acceptors (Lipinski definition) is 6. The van der Waals surface area contributed by atoms with Gasteiger partial charge in [-0.1, -0.05) is 0 Å². The summed E-state index contributed by atoms with van der Waals surface area (Å²) in [5.74, 6) is -0.845. The lowest BCUT2D eigenvalue weighted by Crippen LogP contribution is -2.31. The number of halogens is 3. The topological polar surface area (TPSA) is 104 Å². The molecule has 1 aromatic carbocycles. The Morgan fingerprint density at radius 1 is 1.19 bits per heavy atom. The minimum atomic E-state index is -4.79. The van der Waals surface area contributed by atoms with Crippen LogP contribution >= 0.6 is 0 Å². The Morgan fingerprint density at radius 3 is 2.33 bits per heavy atom. The van der Waals surface area contributed by atoms with Crippen LogP contribution in [0.15, 0.2) is 27.9 Å². The second-order valence-corrected chi connectivity index (χ2v) is 7.07. The number of nitrogens with zero attached hydrogens (tertiary/aromatic N) is 3. The predicted molar refractivity (Wildman–Crippen MR) is 87.2 cm³/mol. The van der Waals surface area contributed by atoms with Crippen molar-refractivity contribution in [1.82, 2.24) is 19.1 Å². The second kappa shape index (κ2) is 7.60. The summed E-state index contributed by atoms with van der Waals surface area (Å²) in [5, 5.41) is 3.19. The van der Waals surface area contributed by atoms with Crippen molar-refractivity contribution in [1.29, 1.82) is 0 Å². The summed E-state index contributed by atoms with van der Waals surface area (Å²) in [4.78, 5) is 11.6. The first-order chi connectivity index (χ1) is 12.5. The molecule has 0 amide bonds. The summed E-state index contributed by atoms with van der Waals surface area (Å²) in [6.07, 6.45) is -4.79. The Hall–Kier alpha value is -2.54. The zero-order valence-corrected chi connectivity index (χ0v) is 15.4. The molecule has 1 heterocycles. The van der Waals surface area contributed by atoms with Crippen LogP contribution in [-0.4, -0.2) is 43.5 Å². The molecule has 0 aliphatic carbocycles. The van der Waals surface area contributed by atoms with Crippen molar-refractivity contribution in [3.05, 3.63) is 34.5 Å². The molecule has 0 radical (unpaired) electrons. The first-order valence-corrected chi connectivity index (χ1v) is 8.92. The number of benzene rings is 1. The van der Waals surface area contributed by atoms with E-state index in [2.05, 4.69) is 9.82 Å². The fraction of sp³-hybridized carbons (Fsp3) is 0.429.